The van der Waals surface area contributed by atoms with Crippen LogP contribution in [0.25, 0.3) is 6.08 Å². The van der Waals surface area contributed by atoms with Crippen LogP contribution in [0.1, 0.15) is 40.0 Å². The van der Waals surface area contributed by atoms with Crippen LogP contribution in [0.3, 0.4) is 0 Å². The molecule has 0 unspecified atom stereocenters. The average molecular weight is 401 g/mol. The number of rotatable bonds is 3. The zero-order valence-corrected chi connectivity index (χ0v) is 15.4. The number of hydrogen-bond donors (Lipinski definition) is 1. The van der Waals surface area contributed by atoms with Gasteiger partial charge in [0.05, 0.1) is 11.1 Å². The molecule has 0 fully saturated rings. The Hall–Kier alpha value is -3.10. The van der Waals surface area contributed by atoms with E-state index in [1.165, 1.54) is 29.5 Å². The van der Waals surface area contributed by atoms with Crippen molar-refractivity contribution >= 4 is 28.3 Å². The van der Waals surface area contributed by atoms with Crippen LogP contribution in [0, 0.1) is 22.7 Å². The molecule has 1 aromatic carbocycles. The topological polar surface area (TPSA) is 76.7 Å². The van der Waals surface area contributed by atoms with E-state index in [9.17, 15) is 28.5 Å². The van der Waals surface area contributed by atoms with Gasteiger partial charge in [0.1, 0.15) is 22.7 Å². The molecular formula is C20H14F3N3OS. The summed E-state index contributed by atoms with van der Waals surface area (Å²) in [4.78, 5) is 13.5. The molecular weight excluding hydrogens is 387 g/mol. The molecule has 28 heavy (non-hydrogen) atoms. The van der Waals surface area contributed by atoms with E-state index in [2.05, 4.69) is 11.4 Å². The van der Waals surface area contributed by atoms with Crippen LogP contribution in [0.5, 0.6) is 0 Å². The maximum Gasteiger partial charge on any atom is 0.416 e. The first-order valence-corrected chi connectivity index (χ1v) is 9.30. The standard InChI is InChI=1S/C20H14F3N3OS/c21-20(22,23)14-7-5-12(6-8-14)9-13(10-24)18(27)26-19-16(11-25)15-3-1-2-4-17(15)28-19/h5-9H,1-4H2,(H,26,27)/b13-9+. The Labute approximate surface area is 163 Å². The Bertz CT molecular complexity index is 1020. The zero-order valence-electron chi connectivity index (χ0n) is 14.6. The first-order valence-electron chi connectivity index (χ1n) is 8.48. The Morgan fingerprint density at radius 3 is 2.43 bits per heavy atom. The number of thiophene rings is 1. The second-order valence-corrected chi connectivity index (χ2v) is 7.38. The quantitative estimate of drug-likeness (QED) is 0.577. The molecule has 1 amide bonds. The van der Waals surface area contributed by atoms with Gasteiger partial charge in [-0.15, -0.1) is 11.3 Å². The van der Waals surface area contributed by atoms with Gasteiger partial charge in [0.15, 0.2) is 0 Å². The zero-order chi connectivity index (χ0) is 20.3. The fourth-order valence-electron chi connectivity index (χ4n) is 3.03. The van der Waals surface area contributed by atoms with Crippen LogP contribution in [-0.2, 0) is 23.8 Å². The van der Waals surface area contributed by atoms with Gasteiger partial charge in [-0.25, -0.2) is 0 Å². The predicted molar refractivity (Wildman–Crippen MR) is 99.3 cm³/mol. The molecule has 0 spiro atoms. The third kappa shape index (κ3) is 4.08. The molecule has 3 rings (SSSR count). The molecule has 0 radical (unpaired) electrons. The van der Waals surface area contributed by atoms with Crippen LogP contribution in [0.2, 0.25) is 0 Å². The van der Waals surface area contributed by atoms with Crippen molar-refractivity contribution in [2.24, 2.45) is 0 Å². The smallest absolute Gasteiger partial charge is 0.312 e. The summed E-state index contributed by atoms with van der Waals surface area (Å²) in [5, 5.41) is 21.7. The lowest BCUT2D eigenvalue weighted by Crippen LogP contribution is -2.13. The van der Waals surface area contributed by atoms with E-state index in [-0.39, 0.29) is 5.57 Å². The van der Waals surface area contributed by atoms with Gasteiger partial charge in [0, 0.05) is 4.88 Å². The Kier molecular flexibility index (Phi) is 5.53. The SMILES string of the molecule is N#C/C(=C\c1ccc(C(F)(F)F)cc1)C(=O)Nc1sc2c(c1C#N)CCCC2. The molecule has 1 N–H and O–H groups in total. The van der Waals surface area contributed by atoms with Crippen molar-refractivity contribution in [3.63, 3.8) is 0 Å². The van der Waals surface area contributed by atoms with Crippen molar-refractivity contribution in [2.75, 3.05) is 5.32 Å². The van der Waals surface area contributed by atoms with Crippen LogP contribution >= 0.6 is 11.3 Å². The van der Waals surface area contributed by atoms with Gasteiger partial charge in [-0.05, 0) is 55.0 Å². The van der Waals surface area contributed by atoms with E-state index >= 15 is 0 Å². The molecule has 1 aliphatic carbocycles. The number of fused-ring (bicyclic) bond motifs is 1. The minimum Gasteiger partial charge on any atom is -0.312 e. The van der Waals surface area contributed by atoms with Crippen molar-refractivity contribution in [3.05, 3.63) is 57.0 Å². The first-order chi connectivity index (χ1) is 13.3. The number of anilines is 1. The van der Waals surface area contributed by atoms with Crippen molar-refractivity contribution in [1.29, 1.82) is 10.5 Å². The highest BCUT2D eigenvalue weighted by molar-refractivity contribution is 7.16. The highest BCUT2D eigenvalue weighted by atomic mass is 32.1. The molecule has 1 aliphatic rings. The second kappa shape index (κ2) is 7.87. The van der Waals surface area contributed by atoms with Crippen LogP contribution in [0.15, 0.2) is 29.8 Å². The maximum atomic E-state index is 12.6. The molecule has 1 aromatic heterocycles. The van der Waals surface area contributed by atoms with E-state index in [0.29, 0.717) is 16.1 Å². The molecule has 0 bridgehead atoms. The van der Waals surface area contributed by atoms with Gasteiger partial charge < -0.3 is 5.32 Å². The molecule has 0 aliphatic heterocycles. The van der Waals surface area contributed by atoms with Gasteiger partial charge in [0.25, 0.3) is 5.91 Å². The normalized spacial score (nSPS) is 14.0. The third-order valence-electron chi connectivity index (χ3n) is 4.42. The van der Waals surface area contributed by atoms with Gasteiger partial charge >= 0.3 is 6.18 Å². The number of carbonyl (C=O) groups excluding carboxylic acids is 1. The van der Waals surface area contributed by atoms with E-state index in [1.54, 1.807) is 6.07 Å². The Morgan fingerprint density at radius 2 is 1.82 bits per heavy atom. The average Bonchev–Trinajstić information content (AvgIpc) is 3.02. The summed E-state index contributed by atoms with van der Waals surface area (Å²) in [5.41, 5.74) is 0.621. The third-order valence-corrected chi connectivity index (χ3v) is 5.63. The summed E-state index contributed by atoms with van der Waals surface area (Å²) in [6.45, 7) is 0. The summed E-state index contributed by atoms with van der Waals surface area (Å²) in [6.07, 6.45) is 0.430. The molecule has 1 heterocycles. The number of nitrogens with one attached hydrogen (secondary N) is 1. The van der Waals surface area contributed by atoms with Gasteiger partial charge in [-0.3, -0.25) is 4.79 Å². The Morgan fingerprint density at radius 1 is 1.14 bits per heavy atom. The van der Waals surface area contributed by atoms with Crippen molar-refractivity contribution in [1.82, 2.24) is 0 Å². The van der Waals surface area contributed by atoms with E-state index in [1.807, 2.05) is 0 Å². The molecule has 2 aromatic rings. The van der Waals surface area contributed by atoms with E-state index < -0.39 is 17.6 Å². The number of hydrogen-bond acceptors (Lipinski definition) is 4. The number of amides is 1. The fraction of sp³-hybridized carbons (Fsp3) is 0.250. The number of nitrogens with zero attached hydrogens (tertiary/aromatic N) is 2. The second-order valence-electron chi connectivity index (χ2n) is 6.27. The number of carbonyl (C=O) groups is 1. The largest absolute Gasteiger partial charge is 0.416 e. The monoisotopic (exact) mass is 401 g/mol. The number of alkyl halides is 3. The lowest BCUT2D eigenvalue weighted by molar-refractivity contribution is -0.137. The molecule has 142 valence electrons. The van der Waals surface area contributed by atoms with Crippen molar-refractivity contribution in [2.45, 2.75) is 31.9 Å². The van der Waals surface area contributed by atoms with Crippen LogP contribution in [-0.4, -0.2) is 5.91 Å². The Balaban J connectivity index is 1.83. The predicted octanol–water partition coefficient (Wildman–Crippen LogP) is 5.06. The van der Waals surface area contributed by atoms with E-state index in [0.717, 1.165) is 48.3 Å². The van der Waals surface area contributed by atoms with Gasteiger partial charge in [-0.1, -0.05) is 12.1 Å². The highest BCUT2D eigenvalue weighted by Crippen LogP contribution is 2.37. The summed E-state index contributed by atoms with van der Waals surface area (Å²) in [7, 11) is 0. The number of aryl methyl sites for hydroxylation is 1. The molecule has 4 nitrogen and oxygen atoms in total. The van der Waals surface area contributed by atoms with Crippen LogP contribution in [0.4, 0.5) is 18.2 Å². The first kappa shape index (κ1) is 19.7. The molecule has 8 heteroatoms. The summed E-state index contributed by atoms with van der Waals surface area (Å²) >= 11 is 1.34. The highest BCUT2D eigenvalue weighted by Gasteiger charge is 2.30. The maximum absolute atomic E-state index is 12.6. The minimum absolute atomic E-state index is 0.255. The lowest BCUT2D eigenvalue weighted by Gasteiger charge is -2.09. The minimum atomic E-state index is -4.45. The van der Waals surface area contributed by atoms with E-state index in [4.69, 9.17) is 0 Å². The van der Waals surface area contributed by atoms with Crippen LogP contribution < -0.4 is 5.32 Å². The number of halogens is 3. The van der Waals surface area contributed by atoms with Crippen molar-refractivity contribution < 1.29 is 18.0 Å². The number of benzene rings is 1. The lowest BCUT2D eigenvalue weighted by atomic mass is 9.96. The summed E-state index contributed by atoms with van der Waals surface area (Å²) < 4.78 is 37.9. The summed E-state index contributed by atoms with van der Waals surface area (Å²) in [6, 6.07) is 8.05. The number of nitriles is 2. The van der Waals surface area contributed by atoms with Gasteiger partial charge in [-0.2, -0.15) is 23.7 Å². The molecule has 0 saturated heterocycles. The van der Waals surface area contributed by atoms with Gasteiger partial charge in [0.2, 0.25) is 0 Å². The molecule has 0 saturated carbocycles. The molecule has 0 atom stereocenters. The fourth-order valence-corrected chi connectivity index (χ4v) is 4.26. The summed E-state index contributed by atoms with van der Waals surface area (Å²) in [5.74, 6) is -0.697. The van der Waals surface area contributed by atoms with Crippen molar-refractivity contribution in [3.8, 4) is 12.1 Å².